The lowest BCUT2D eigenvalue weighted by molar-refractivity contribution is -0.0441. The molecule has 2 heteroatoms. The van der Waals surface area contributed by atoms with E-state index in [-0.39, 0.29) is 16.2 Å². The van der Waals surface area contributed by atoms with Crippen LogP contribution in [0.5, 0.6) is 0 Å². The van der Waals surface area contributed by atoms with Gasteiger partial charge in [0.25, 0.3) is 0 Å². The Morgan fingerprint density at radius 2 is 1.00 bits per heavy atom. The van der Waals surface area contributed by atoms with Crippen molar-refractivity contribution in [3.8, 4) is 22.3 Å². The topological polar surface area (TPSA) is 3.24 Å². The van der Waals surface area contributed by atoms with Crippen molar-refractivity contribution >= 4 is 28.8 Å². The van der Waals surface area contributed by atoms with Gasteiger partial charge >= 0.3 is 0 Å². The number of fused-ring (bicyclic) bond motifs is 3. The van der Waals surface area contributed by atoms with Gasteiger partial charge in [0, 0.05) is 32.1 Å². The van der Waals surface area contributed by atoms with Gasteiger partial charge < -0.3 is 4.90 Å². The van der Waals surface area contributed by atoms with Crippen molar-refractivity contribution in [3.63, 3.8) is 0 Å². The summed E-state index contributed by atoms with van der Waals surface area (Å²) in [5.41, 5.74) is 15.5. The van der Waals surface area contributed by atoms with Crippen LogP contribution in [0.1, 0.15) is 94.9 Å². The average Bonchev–Trinajstić information content (AvgIpc) is 3.22. The van der Waals surface area contributed by atoms with E-state index in [9.17, 15) is 0 Å². The van der Waals surface area contributed by atoms with Crippen LogP contribution in [-0.2, 0) is 16.2 Å². The summed E-state index contributed by atoms with van der Waals surface area (Å²) in [5.74, 6) is 3.17. The molecule has 12 rings (SSSR count). The van der Waals surface area contributed by atoms with Gasteiger partial charge in [0.15, 0.2) is 0 Å². The van der Waals surface area contributed by atoms with E-state index in [1.54, 1.807) is 11.1 Å². The van der Waals surface area contributed by atoms with Crippen LogP contribution in [0.3, 0.4) is 0 Å². The van der Waals surface area contributed by atoms with Crippen LogP contribution in [0.15, 0.2) is 149 Å². The van der Waals surface area contributed by atoms with Gasteiger partial charge in [0.2, 0.25) is 0 Å². The summed E-state index contributed by atoms with van der Waals surface area (Å²) in [6.07, 6.45) is 9.39. The van der Waals surface area contributed by atoms with Gasteiger partial charge in [-0.25, -0.2) is 0 Å². The lowest BCUT2D eigenvalue weighted by Gasteiger charge is -2.63. The molecule has 0 N–H and O–H groups in total. The molecule has 6 aromatic rings. The maximum absolute atomic E-state index is 2.67. The molecule has 0 atom stereocenters. The largest absolute Gasteiger partial charge is 0.310 e. The second-order valence-electron chi connectivity index (χ2n) is 19.2. The fraction of sp³-hybridized carbons (Fsp3) is 0.333. The Morgan fingerprint density at radius 1 is 0.464 bits per heavy atom. The first-order chi connectivity index (χ1) is 27.2. The third-order valence-electron chi connectivity index (χ3n) is 15.2. The molecule has 0 unspecified atom stereocenters. The minimum atomic E-state index is 0.0371. The third-order valence-corrected chi connectivity index (χ3v) is 16.3. The minimum absolute atomic E-state index is 0.0371. The van der Waals surface area contributed by atoms with Crippen molar-refractivity contribution in [2.75, 3.05) is 4.90 Å². The van der Waals surface area contributed by atoms with Crippen molar-refractivity contribution in [2.24, 2.45) is 23.7 Å². The molecule has 4 saturated carbocycles. The van der Waals surface area contributed by atoms with Gasteiger partial charge in [-0.05, 0) is 161 Å². The molecule has 0 radical (unpaired) electrons. The summed E-state index contributed by atoms with van der Waals surface area (Å²) in [7, 11) is 0. The molecule has 0 saturated heterocycles. The first kappa shape index (κ1) is 34.7. The lowest BCUT2D eigenvalue weighted by Crippen LogP contribution is -2.57. The molecule has 1 heterocycles. The normalized spacial score (nSPS) is 26.0. The maximum Gasteiger partial charge on any atom is 0.0514 e. The van der Waals surface area contributed by atoms with Crippen LogP contribution in [0.2, 0.25) is 0 Å². The Balaban J connectivity index is 1.10. The monoisotopic (exact) mass is 747 g/mol. The zero-order chi connectivity index (χ0) is 37.8. The number of anilines is 3. The molecule has 0 amide bonds. The first-order valence-electron chi connectivity index (χ1n) is 21.3. The molecule has 1 spiro atoms. The molecule has 0 aromatic heterocycles. The van der Waals surface area contributed by atoms with Gasteiger partial charge in [-0.15, -0.1) is 0 Å². The molecule has 4 fully saturated rings. The second-order valence-corrected chi connectivity index (χ2v) is 20.3. The van der Waals surface area contributed by atoms with Crippen molar-refractivity contribution in [1.29, 1.82) is 0 Å². The highest BCUT2D eigenvalue weighted by atomic mass is 32.2. The maximum atomic E-state index is 2.67. The Kier molecular flexibility index (Phi) is 7.89. The lowest BCUT2D eigenvalue weighted by atomic mass is 9.42. The van der Waals surface area contributed by atoms with Gasteiger partial charge in [0.05, 0.1) is 5.69 Å². The van der Waals surface area contributed by atoms with Gasteiger partial charge in [-0.2, -0.15) is 0 Å². The molecular weight excluding hydrogens is 695 g/mol. The van der Waals surface area contributed by atoms with E-state index >= 15 is 0 Å². The van der Waals surface area contributed by atoms with Gasteiger partial charge in [-0.3, -0.25) is 0 Å². The van der Waals surface area contributed by atoms with E-state index in [0.717, 1.165) is 11.8 Å². The molecule has 5 aliphatic carbocycles. The van der Waals surface area contributed by atoms with Gasteiger partial charge in [0.1, 0.15) is 0 Å². The van der Waals surface area contributed by atoms with Crippen molar-refractivity contribution < 1.29 is 0 Å². The highest BCUT2D eigenvalue weighted by Crippen LogP contribution is 2.70. The van der Waals surface area contributed by atoms with E-state index in [0.29, 0.717) is 11.8 Å². The van der Waals surface area contributed by atoms with Crippen molar-refractivity contribution in [3.05, 3.63) is 162 Å². The van der Waals surface area contributed by atoms with E-state index in [2.05, 4.69) is 172 Å². The predicted molar refractivity (Wildman–Crippen MR) is 236 cm³/mol. The standard InChI is InChI=1S/C54H53NS/c1-52(2)27-28-53(3,4)47-34-44(25-26-45(47)52)55(43-23-21-40(22-24-43)39-19-17-38(18-20-39)37-11-6-5-7-12-37)48-14-10-16-50-51(48)54(46-13-8-9-15-49(46)56-50)41-30-35-29-36(32-41)33-42(54)31-35/h5-26,34-36,41-42H,27-33H2,1-4H3. The van der Waals surface area contributed by atoms with Crippen LogP contribution in [-0.4, -0.2) is 0 Å². The summed E-state index contributed by atoms with van der Waals surface area (Å²) in [6, 6.07) is 53.6. The Bertz CT molecular complexity index is 2430. The van der Waals surface area contributed by atoms with E-state index in [1.165, 1.54) is 105 Å². The quantitative estimate of drug-likeness (QED) is 0.173. The van der Waals surface area contributed by atoms with Crippen LogP contribution in [0.4, 0.5) is 17.1 Å². The first-order valence-corrected chi connectivity index (χ1v) is 22.1. The summed E-state index contributed by atoms with van der Waals surface area (Å²) in [6.45, 7) is 9.83. The summed E-state index contributed by atoms with van der Waals surface area (Å²) in [4.78, 5) is 5.62. The Hall–Kier alpha value is -4.53. The summed E-state index contributed by atoms with van der Waals surface area (Å²) in [5, 5.41) is 0. The van der Waals surface area contributed by atoms with E-state index < -0.39 is 0 Å². The Labute approximate surface area is 338 Å². The molecule has 4 bridgehead atoms. The molecule has 280 valence electrons. The number of hydrogen-bond donors (Lipinski definition) is 0. The molecular formula is C54H53NS. The smallest absolute Gasteiger partial charge is 0.0514 e. The molecule has 6 aliphatic rings. The summed E-state index contributed by atoms with van der Waals surface area (Å²) < 4.78 is 0. The molecule has 1 aliphatic heterocycles. The highest BCUT2D eigenvalue weighted by Gasteiger charge is 2.61. The molecule has 1 nitrogen and oxygen atoms in total. The molecule has 56 heavy (non-hydrogen) atoms. The highest BCUT2D eigenvalue weighted by molar-refractivity contribution is 7.99. The summed E-state index contributed by atoms with van der Waals surface area (Å²) >= 11 is 2.02. The van der Waals surface area contributed by atoms with Gasteiger partial charge in [-0.1, -0.05) is 137 Å². The van der Waals surface area contributed by atoms with Crippen LogP contribution in [0, 0.1) is 23.7 Å². The fourth-order valence-corrected chi connectivity index (χ4v) is 13.8. The average molecular weight is 748 g/mol. The Morgan fingerprint density at radius 3 is 1.66 bits per heavy atom. The zero-order valence-corrected chi connectivity index (χ0v) is 34.2. The number of nitrogens with zero attached hydrogens (tertiary/aromatic N) is 1. The third kappa shape index (κ3) is 5.27. The van der Waals surface area contributed by atoms with E-state index in [1.807, 2.05) is 11.8 Å². The zero-order valence-electron chi connectivity index (χ0n) is 33.4. The second kappa shape index (κ2) is 12.7. The predicted octanol–water partition coefficient (Wildman–Crippen LogP) is 15.0. The number of rotatable bonds is 5. The molecule has 6 aromatic carbocycles. The van der Waals surface area contributed by atoms with Crippen molar-refractivity contribution in [2.45, 2.75) is 98.7 Å². The van der Waals surface area contributed by atoms with Crippen LogP contribution < -0.4 is 4.90 Å². The van der Waals surface area contributed by atoms with Crippen molar-refractivity contribution in [1.82, 2.24) is 0 Å². The SMILES string of the molecule is CC1(C)CCC(C)(C)c2cc(N(c3ccc(-c4ccc(-c5ccccc5)cc4)cc3)c3cccc4c3C3(c5ccccc5S4)C4CC5CC(C4)CC3C5)ccc21. The van der Waals surface area contributed by atoms with Crippen LogP contribution >= 0.6 is 11.8 Å². The van der Waals surface area contributed by atoms with Crippen LogP contribution in [0.25, 0.3) is 22.3 Å². The number of hydrogen-bond acceptors (Lipinski definition) is 2. The minimum Gasteiger partial charge on any atom is -0.310 e. The number of benzene rings is 6. The fourth-order valence-electron chi connectivity index (χ4n) is 12.6. The van der Waals surface area contributed by atoms with E-state index in [4.69, 9.17) is 0 Å².